The standard InChI is InChI=1S/C27H23BrN6O3/c1-37-19-9-6-16(7-10-19)12-13-30-27(36)23-24-26(33-21-5-3-2-4-20(21)32-24)34(25(23)29)31-15-17-14-18(28)8-11-22(17)35/h2-11,14-15,35H,12-13,29H2,1H3,(H,30,36)/b31-15+. The monoisotopic (exact) mass is 558 g/mol. The summed E-state index contributed by atoms with van der Waals surface area (Å²) in [5, 5.41) is 17.6. The van der Waals surface area contributed by atoms with Crippen molar-refractivity contribution in [3.8, 4) is 11.5 Å². The molecule has 0 saturated carbocycles. The van der Waals surface area contributed by atoms with Crippen LogP contribution in [0.1, 0.15) is 21.5 Å². The van der Waals surface area contributed by atoms with E-state index in [0.717, 1.165) is 15.8 Å². The number of phenolic OH excluding ortho intramolecular Hbond substituents is 1. The Labute approximate surface area is 220 Å². The van der Waals surface area contributed by atoms with E-state index in [0.29, 0.717) is 40.7 Å². The lowest BCUT2D eigenvalue weighted by Gasteiger charge is -2.06. The van der Waals surface area contributed by atoms with Crippen LogP contribution in [0.2, 0.25) is 0 Å². The number of nitrogens with one attached hydrogen (secondary N) is 1. The molecule has 0 radical (unpaired) electrons. The molecule has 0 fully saturated rings. The van der Waals surface area contributed by atoms with Crippen LogP contribution < -0.4 is 15.8 Å². The minimum atomic E-state index is -0.375. The van der Waals surface area contributed by atoms with Gasteiger partial charge in [0, 0.05) is 16.6 Å². The van der Waals surface area contributed by atoms with Crippen molar-refractivity contribution in [3.63, 3.8) is 0 Å². The second kappa shape index (κ2) is 10.3. The first-order chi connectivity index (χ1) is 17.9. The maximum absolute atomic E-state index is 13.3. The number of nitrogen functional groups attached to an aromatic ring is 1. The van der Waals surface area contributed by atoms with Crippen molar-refractivity contribution in [1.29, 1.82) is 0 Å². The van der Waals surface area contributed by atoms with Crippen LogP contribution in [0.5, 0.6) is 11.5 Å². The van der Waals surface area contributed by atoms with Crippen LogP contribution in [0.4, 0.5) is 5.82 Å². The number of methoxy groups -OCH3 is 1. The number of anilines is 1. The van der Waals surface area contributed by atoms with E-state index in [2.05, 4.69) is 36.3 Å². The number of fused-ring (bicyclic) bond motifs is 2. The van der Waals surface area contributed by atoms with E-state index in [-0.39, 0.29) is 23.0 Å². The molecule has 1 amide bonds. The molecule has 0 aliphatic heterocycles. The number of para-hydroxylation sites is 2. The molecule has 4 N–H and O–H groups in total. The largest absolute Gasteiger partial charge is 0.507 e. The average molecular weight is 559 g/mol. The van der Waals surface area contributed by atoms with Crippen molar-refractivity contribution in [2.75, 3.05) is 19.4 Å². The fraction of sp³-hybridized carbons (Fsp3) is 0.111. The minimum absolute atomic E-state index is 0.0509. The number of rotatable bonds is 7. The lowest BCUT2D eigenvalue weighted by Crippen LogP contribution is -2.26. The lowest BCUT2D eigenvalue weighted by atomic mass is 10.1. The highest BCUT2D eigenvalue weighted by atomic mass is 79.9. The predicted molar refractivity (Wildman–Crippen MR) is 147 cm³/mol. The van der Waals surface area contributed by atoms with E-state index in [1.165, 1.54) is 10.9 Å². The van der Waals surface area contributed by atoms with Crippen molar-refractivity contribution in [3.05, 3.63) is 87.9 Å². The van der Waals surface area contributed by atoms with E-state index in [1.54, 1.807) is 25.3 Å². The quantitative estimate of drug-likeness (QED) is 0.252. The molecule has 2 heterocycles. The van der Waals surface area contributed by atoms with Crippen LogP contribution >= 0.6 is 15.9 Å². The van der Waals surface area contributed by atoms with Gasteiger partial charge in [0.25, 0.3) is 5.91 Å². The van der Waals surface area contributed by atoms with Gasteiger partial charge in [0.2, 0.25) is 0 Å². The van der Waals surface area contributed by atoms with Gasteiger partial charge in [-0.05, 0) is 54.4 Å². The number of hydrogen-bond acceptors (Lipinski definition) is 7. The van der Waals surface area contributed by atoms with Crippen molar-refractivity contribution in [1.82, 2.24) is 20.0 Å². The molecule has 37 heavy (non-hydrogen) atoms. The molecule has 0 atom stereocenters. The summed E-state index contributed by atoms with van der Waals surface area (Å²) in [6, 6.07) is 20.0. The molecule has 2 aromatic heterocycles. The summed E-state index contributed by atoms with van der Waals surface area (Å²) in [4.78, 5) is 22.7. The number of carbonyl (C=O) groups is 1. The van der Waals surface area contributed by atoms with Gasteiger partial charge in [0.15, 0.2) is 5.65 Å². The zero-order valence-corrected chi connectivity index (χ0v) is 21.4. The maximum atomic E-state index is 13.3. The van der Waals surface area contributed by atoms with Crippen LogP contribution in [0.3, 0.4) is 0 Å². The Balaban J connectivity index is 1.50. The average Bonchev–Trinajstić information content (AvgIpc) is 3.18. The third kappa shape index (κ3) is 4.96. The van der Waals surface area contributed by atoms with Gasteiger partial charge < -0.3 is 20.9 Å². The summed E-state index contributed by atoms with van der Waals surface area (Å²) in [6.45, 7) is 0.396. The first-order valence-corrected chi connectivity index (χ1v) is 12.2. The summed E-state index contributed by atoms with van der Waals surface area (Å²) in [5.41, 5.74) is 10.1. The molecule has 0 aliphatic carbocycles. The van der Waals surface area contributed by atoms with Gasteiger partial charge in [-0.1, -0.05) is 40.2 Å². The van der Waals surface area contributed by atoms with Crippen molar-refractivity contribution >= 4 is 56.1 Å². The topological polar surface area (TPSA) is 128 Å². The van der Waals surface area contributed by atoms with Gasteiger partial charge in [-0.2, -0.15) is 9.78 Å². The predicted octanol–water partition coefficient (Wildman–Crippen LogP) is 4.50. The Bertz CT molecular complexity index is 1650. The van der Waals surface area contributed by atoms with E-state index in [9.17, 15) is 9.90 Å². The van der Waals surface area contributed by atoms with Crippen LogP contribution in [-0.2, 0) is 6.42 Å². The number of hydrogen-bond donors (Lipinski definition) is 3. The first kappa shape index (κ1) is 24.3. The molecule has 9 nitrogen and oxygen atoms in total. The minimum Gasteiger partial charge on any atom is -0.507 e. The molecule has 0 saturated heterocycles. The summed E-state index contributed by atoms with van der Waals surface area (Å²) in [6.07, 6.45) is 2.08. The Morgan fingerprint density at radius 2 is 1.86 bits per heavy atom. The number of aromatic nitrogens is 3. The second-order valence-corrected chi connectivity index (χ2v) is 9.17. The highest BCUT2D eigenvalue weighted by Crippen LogP contribution is 2.28. The van der Waals surface area contributed by atoms with E-state index in [1.807, 2.05) is 48.5 Å². The van der Waals surface area contributed by atoms with E-state index < -0.39 is 0 Å². The zero-order chi connectivity index (χ0) is 25.9. The summed E-state index contributed by atoms with van der Waals surface area (Å²) >= 11 is 3.39. The Morgan fingerprint density at radius 3 is 2.59 bits per heavy atom. The van der Waals surface area contributed by atoms with Gasteiger partial charge in [-0.15, -0.1) is 0 Å². The Hall–Kier alpha value is -4.44. The number of nitrogens with zero attached hydrogens (tertiary/aromatic N) is 4. The number of ether oxygens (including phenoxy) is 1. The zero-order valence-electron chi connectivity index (χ0n) is 19.9. The van der Waals surface area contributed by atoms with Crippen LogP contribution in [0, 0.1) is 0 Å². The Kier molecular flexibility index (Phi) is 6.74. The SMILES string of the molecule is COc1ccc(CCNC(=O)c2c(N)n(/N=C/c3cc(Br)ccc3O)c3nc4ccccc4nc23)cc1. The van der Waals surface area contributed by atoms with E-state index in [4.69, 9.17) is 10.5 Å². The number of halogens is 1. The molecule has 0 spiro atoms. The van der Waals surface area contributed by atoms with E-state index >= 15 is 0 Å². The number of benzene rings is 3. The molecule has 186 valence electrons. The molecular formula is C27H23BrN6O3. The van der Waals surface area contributed by atoms with Crippen molar-refractivity contribution in [2.45, 2.75) is 6.42 Å². The van der Waals surface area contributed by atoms with Crippen LogP contribution in [-0.4, -0.2) is 45.5 Å². The third-order valence-corrected chi connectivity index (χ3v) is 6.35. The lowest BCUT2D eigenvalue weighted by molar-refractivity contribution is 0.0956. The maximum Gasteiger partial charge on any atom is 0.257 e. The van der Waals surface area contributed by atoms with Gasteiger partial charge in [0.1, 0.15) is 28.4 Å². The molecule has 0 aliphatic rings. The highest BCUT2D eigenvalue weighted by molar-refractivity contribution is 9.10. The van der Waals surface area contributed by atoms with Crippen molar-refractivity contribution < 1.29 is 14.6 Å². The molecular weight excluding hydrogens is 536 g/mol. The molecule has 10 heteroatoms. The van der Waals surface area contributed by atoms with Crippen LogP contribution in [0.15, 0.2) is 76.3 Å². The van der Waals surface area contributed by atoms with Gasteiger partial charge in [-0.25, -0.2) is 9.97 Å². The summed E-state index contributed by atoms with van der Waals surface area (Å²) in [7, 11) is 1.62. The fourth-order valence-corrected chi connectivity index (χ4v) is 4.32. The molecule has 3 aromatic carbocycles. The number of aromatic hydroxyl groups is 1. The number of phenols is 1. The van der Waals surface area contributed by atoms with Crippen LogP contribution in [0.25, 0.3) is 22.2 Å². The smallest absolute Gasteiger partial charge is 0.257 e. The van der Waals surface area contributed by atoms with Gasteiger partial charge >= 0.3 is 0 Å². The fourth-order valence-electron chi connectivity index (χ4n) is 3.94. The molecule has 0 unspecified atom stereocenters. The first-order valence-electron chi connectivity index (χ1n) is 11.5. The number of amides is 1. The second-order valence-electron chi connectivity index (χ2n) is 8.26. The van der Waals surface area contributed by atoms with Crippen molar-refractivity contribution in [2.24, 2.45) is 5.10 Å². The third-order valence-electron chi connectivity index (χ3n) is 5.86. The number of nitrogens with two attached hydrogens (primary N) is 1. The van der Waals surface area contributed by atoms with Gasteiger partial charge in [-0.3, -0.25) is 4.79 Å². The summed E-state index contributed by atoms with van der Waals surface area (Å²) < 4.78 is 7.34. The molecule has 5 aromatic rings. The molecule has 0 bridgehead atoms. The molecule has 5 rings (SSSR count). The highest BCUT2D eigenvalue weighted by Gasteiger charge is 2.24. The summed E-state index contributed by atoms with van der Waals surface area (Å²) in [5.74, 6) is 0.545. The normalized spacial score (nSPS) is 11.4. The number of carbonyl (C=O) groups excluding carboxylic acids is 1. The Morgan fingerprint density at radius 1 is 1.14 bits per heavy atom. The van der Waals surface area contributed by atoms with Gasteiger partial charge in [0.05, 0.1) is 24.4 Å².